The second-order valence-corrected chi connectivity index (χ2v) is 6.62. The van der Waals surface area contributed by atoms with Crippen LogP contribution in [0, 0.1) is 5.82 Å². The highest BCUT2D eigenvalue weighted by Crippen LogP contribution is 2.22. The molecule has 1 aromatic heterocycles. The Labute approximate surface area is 162 Å². The number of nitrogens with one attached hydrogen (secondary N) is 3. The van der Waals surface area contributed by atoms with Crippen molar-refractivity contribution in [2.45, 2.75) is 13.0 Å². The lowest BCUT2D eigenvalue weighted by Gasteiger charge is -2.11. The maximum Gasteiger partial charge on any atom is 0.228 e. The first-order chi connectivity index (χ1) is 13.7. The third-order valence-corrected chi connectivity index (χ3v) is 4.60. The summed E-state index contributed by atoms with van der Waals surface area (Å²) in [6.45, 7) is 0.584. The Morgan fingerprint density at radius 2 is 1.82 bits per heavy atom. The molecule has 140 valence electrons. The Kier molecular flexibility index (Phi) is 5.06. The number of aromatic nitrogens is 1. The molecular formula is C23H20FN3O. The van der Waals surface area contributed by atoms with Crippen LogP contribution in [0.2, 0.25) is 0 Å². The zero-order chi connectivity index (χ0) is 19.3. The van der Waals surface area contributed by atoms with Crippen LogP contribution < -0.4 is 10.6 Å². The van der Waals surface area contributed by atoms with E-state index >= 15 is 0 Å². The molecule has 28 heavy (non-hydrogen) atoms. The molecule has 0 fully saturated rings. The minimum absolute atomic E-state index is 0.170. The summed E-state index contributed by atoms with van der Waals surface area (Å²) >= 11 is 0. The Morgan fingerprint density at radius 1 is 0.964 bits per heavy atom. The summed E-state index contributed by atoms with van der Waals surface area (Å²) in [4.78, 5) is 15.5. The second-order valence-electron chi connectivity index (χ2n) is 6.62. The average molecular weight is 373 g/mol. The first kappa shape index (κ1) is 17.8. The van der Waals surface area contributed by atoms with Crippen LogP contribution in [0.1, 0.15) is 11.1 Å². The third-order valence-electron chi connectivity index (χ3n) is 4.60. The van der Waals surface area contributed by atoms with E-state index < -0.39 is 5.82 Å². The molecule has 5 heteroatoms. The lowest BCUT2D eigenvalue weighted by atomic mass is 10.1. The number of fused-ring (bicyclic) bond motifs is 1. The summed E-state index contributed by atoms with van der Waals surface area (Å²) in [5, 5.41) is 7.10. The number of para-hydroxylation sites is 1. The fraction of sp³-hybridized carbons (Fsp3) is 0.0870. The summed E-state index contributed by atoms with van der Waals surface area (Å²) < 4.78 is 14.2. The van der Waals surface area contributed by atoms with Crippen molar-refractivity contribution < 1.29 is 9.18 Å². The summed E-state index contributed by atoms with van der Waals surface area (Å²) in [7, 11) is 0. The van der Waals surface area contributed by atoms with E-state index in [1.165, 1.54) is 6.07 Å². The number of anilines is 2. The highest BCUT2D eigenvalue weighted by atomic mass is 19.1. The fourth-order valence-electron chi connectivity index (χ4n) is 3.20. The number of H-pyrrole nitrogens is 1. The van der Waals surface area contributed by atoms with E-state index in [4.69, 9.17) is 0 Å². The fourth-order valence-corrected chi connectivity index (χ4v) is 3.20. The minimum Gasteiger partial charge on any atom is -0.381 e. The van der Waals surface area contributed by atoms with E-state index in [2.05, 4.69) is 15.6 Å². The van der Waals surface area contributed by atoms with E-state index in [0.29, 0.717) is 6.54 Å². The van der Waals surface area contributed by atoms with Gasteiger partial charge < -0.3 is 15.6 Å². The average Bonchev–Trinajstić information content (AvgIpc) is 3.19. The van der Waals surface area contributed by atoms with Crippen LogP contribution in [0.4, 0.5) is 15.8 Å². The zero-order valence-electron chi connectivity index (χ0n) is 15.2. The Bertz CT molecular complexity index is 1110. The van der Waals surface area contributed by atoms with Gasteiger partial charge in [0.2, 0.25) is 5.91 Å². The number of aromatic amines is 1. The second kappa shape index (κ2) is 7.96. The predicted octanol–water partition coefficient (Wildman–Crippen LogP) is 5.10. The van der Waals surface area contributed by atoms with Crippen molar-refractivity contribution in [3.63, 3.8) is 0 Å². The monoisotopic (exact) mass is 373 g/mol. The van der Waals surface area contributed by atoms with E-state index in [9.17, 15) is 9.18 Å². The van der Waals surface area contributed by atoms with Crippen LogP contribution >= 0.6 is 0 Å². The molecule has 4 rings (SSSR count). The number of hydrogen-bond donors (Lipinski definition) is 3. The van der Waals surface area contributed by atoms with Gasteiger partial charge in [0.1, 0.15) is 5.82 Å². The van der Waals surface area contributed by atoms with E-state index in [-0.39, 0.29) is 18.0 Å². The van der Waals surface area contributed by atoms with Gasteiger partial charge >= 0.3 is 0 Å². The smallest absolute Gasteiger partial charge is 0.228 e. The number of amides is 1. The molecule has 0 unspecified atom stereocenters. The van der Waals surface area contributed by atoms with E-state index in [0.717, 1.165) is 27.7 Å². The summed E-state index contributed by atoms with van der Waals surface area (Å²) in [5.41, 5.74) is 3.98. The molecule has 0 bridgehead atoms. The summed E-state index contributed by atoms with van der Waals surface area (Å²) in [5.74, 6) is -0.711. The van der Waals surface area contributed by atoms with E-state index in [1.54, 1.807) is 12.1 Å². The molecule has 0 spiro atoms. The van der Waals surface area contributed by atoms with Gasteiger partial charge in [0, 0.05) is 18.4 Å². The van der Waals surface area contributed by atoms with Crippen molar-refractivity contribution in [3.05, 3.63) is 95.9 Å². The number of carbonyl (C=O) groups excluding carboxylic acids is 1. The summed E-state index contributed by atoms with van der Waals surface area (Å²) in [6.07, 6.45) is 2.11. The number of hydrogen-bond acceptors (Lipinski definition) is 2. The molecule has 0 aliphatic rings. The molecule has 0 saturated carbocycles. The topological polar surface area (TPSA) is 56.9 Å². The van der Waals surface area contributed by atoms with Crippen LogP contribution in [0.15, 0.2) is 79.0 Å². The van der Waals surface area contributed by atoms with Crippen molar-refractivity contribution in [1.82, 2.24) is 4.98 Å². The molecule has 4 nitrogen and oxygen atoms in total. The van der Waals surface area contributed by atoms with Crippen LogP contribution in [0.5, 0.6) is 0 Å². The molecule has 0 radical (unpaired) electrons. The van der Waals surface area contributed by atoms with Crippen LogP contribution in [-0.4, -0.2) is 10.9 Å². The Balaban J connectivity index is 1.44. The molecule has 0 aliphatic heterocycles. The number of benzene rings is 3. The third kappa shape index (κ3) is 4.04. The van der Waals surface area contributed by atoms with Crippen LogP contribution in [-0.2, 0) is 17.8 Å². The first-order valence-electron chi connectivity index (χ1n) is 9.11. The van der Waals surface area contributed by atoms with Gasteiger partial charge in [-0.1, -0.05) is 48.5 Å². The zero-order valence-corrected chi connectivity index (χ0v) is 15.2. The van der Waals surface area contributed by atoms with Gasteiger partial charge in [-0.25, -0.2) is 4.39 Å². The Hall–Kier alpha value is -3.60. The molecule has 3 aromatic carbocycles. The van der Waals surface area contributed by atoms with Crippen molar-refractivity contribution >= 4 is 28.2 Å². The molecule has 0 aliphatic carbocycles. The lowest BCUT2D eigenvalue weighted by molar-refractivity contribution is -0.115. The quantitative estimate of drug-likeness (QED) is 0.440. The number of rotatable bonds is 6. The molecule has 1 heterocycles. The maximum atomic E-state index is 14.2. The van der Waals surface area contributed by atoms with Gasteiger partial charge in [0.25, 0.3) is 0 Å². The maximum absolute atomic E-state index is 14.2. The van der Waals surface area contributed by atoms with Gasteiger partial charge in [0.15, 0.2) is 0 Å². The normalized spacial score (nSPS) is 10.8. The van der Waals surface area contributed by atoms with Crippen molar-refractivity contribution in [3.8, 4) is 0 Å². The summed E-state index contributed by atoms with van der Waals surface area (Å²) in [6, 6.07) is 22.1. The minimum atomic E-state index is -0.460. The van der Waals surface area contributed by atoms with Crippen molar-refractivity contribution in [2.75, 3.05) is 10.6 Å². The standard InChI is InChI=1S/C23H20FN3O/c24-20-10-9-19(26-15-18-8-4-7-17-11-12-25-23(17)18)14-21(20)27-22(28)13-16-5-2-1-3-6-16/h1-12,14,25-26H,13,15H2,(H,27,28). The van der Waals surface area contributed by atoms with Crippen molar-refractivity contribution in [1.29, 1.82) is 0 Å². The highest BCUT2D eigenvalue weighted by molar-refractivity contribution is 5.93. The van der Waals surface area contributed by atoms with Crippen molar-refractivity contribution in [2.24, 2.45) is 0 Å². The molecule has 4 aromatic rings. The Morgan fingerprint density at radius 3 is 2.68 bits per heavy atom. The molecule has 0 saturated heterocycles. The molecule has 0 atom stereocenters. The van der Waals surface area contributed by atoms with Gasteiger partial charge in [-0.2, -0.15) is 0 Å². The predicted molar refractivity (Wildman–Crippen MR) is 111 cm³/mol. The van der Waals surface area contributed by atoms with Gasteiger partial charge in [-0.05, 0) is 40.8 Å². The van der Waals surface area contributed by atoms with Gasteiger partial charge in [-0.15, -0.1) is 0 Å². The van der Waals surface area contributed by atoms with Crippen LogP contribution in [0.3, 0.4) is 0 Å². The largest absolute Gasteiger partial charge is 0.381 e. The van der Waals surface area contributed by atoms with Crippen LogP contribution in [0.25, 0.3) is 10.9 Å². The van der Waals surface area contributed by atoms with E-state index in [1.807, 2.05) is 60.8 Å². The first-order valence-corrected chi connectivity index (χ1v) is 9.11. The SMILES string of the molecule is O=C(Cc1ccccc1)Nc1cc(NCc2cccc3cc[nH]c23)ccc1F. The van der Waals surface area contributed by atoms with Gasteiger partial charge in [-0.3, -0.25) is 4.79 Å². The number of halogens is 1. The lowest BCUT2D eigenvalue weighted by Crippen LogP contribution is -2.15. The number of carbonyl (C=O) groups is 1. The van der Waals surface area contributed by atoms with Gasteiger partial charge in [0.05, 0.1) is 17.6 Å². The highest BCUT2D eigenvalue weighted by Gasteiger charge is 2.09. The molecule has 1 amide bonds. The molecule has 3 N–H and O–H groups in total. The molecular weight excluding hydrogens is 353 g/mol.